The van der Waals surface area contributed by atoms with E-state index in [9.17, 15) is 0 Å². The number of halogens is 2. The number of benzene rings is 1. The molecule has 0 aliphatic heterocycles. The third-order valence-electron chi connectivity index (χ3n) is 2.44. The molecule has 0 bridgehead atoms. The van der Waals surface area contributed by atoms with Gasteiger partial charge in [0.15, 0.2) is 5.13 Å². The molecule has 0 saturated carbocycles. The van der Waals surface area contributed by atoms with Crippen LogP contribution in [0.2, 0.25) is 0 Å². The summed E-state index contributed by atoms with van der Waals surface area (Å²) in [6.07, 6.45) is 0. The first-order chi connectivity index (χ1) is 8.72. The maximum atomic E-state index is 4.56. The summed E-state index contributed by atoms with van der Waals surface area (Å²) in [4.78, 5) is 5.85. The molecule has 0 fully saturated rings. The number of anilines is 1. The molecule has 3 aromatic rings. The normalized spacial score (nSPS) is 11.0. The van der Waals surface area contributed by atoms with E-state index >= 15 is 0 Å². The van der Waals surface area contributed by atoms with Gasteiger partial charge < -0.3 is 5.32 Å². The quantitative estimate of drug-likeness (QED) is 0.624. The number of thiazole rings is 1. The van der Waals surface area contributed by atoms with Crippen LogP contribution in [0.25, 0.3) is 10.2 Å². The van der Waals surface area contributed by atoms with Gasteiger partial charge in [-0.15, -0.1) is 11.3 Å². The van der Waals surface area contributed by atoms with E-state index in [0.717, 1.165) is 26.1 Å². The van der Waals surface area contributed by atoms with Gasteiger partial charge >= 0.3 is 0 Å². The van der Waals surface area contributed by atoms with E-state index in [2.05, 4.69) is 59.7 Å². The number of aromatic nitrogens is 1. The lowest BCUT2D eigenvalue weighted by Crippen LogP contribution is -1.96. The summed E-state index contributed by atoms with van der Waals surface area (Å²) in [6, 6.07) is 8.21. The van der Waals surface area contributed by atoms with Crippen LogP contribution < -0.4 is 5.32 Å². The number of rotatable bonds is 3. The maximum absolute atomic E-state index is 4.56. The van der Waals surface area contributed by atoms with Gasteiger partial charge in [-0.2, -0.15) is 0 Å². The van der Waals surface area contributed by atoms with Crippen molar-refractivity contribution in [1.82, 2.24) is 4.98 Å². The van der Waals surface area contributed by atoms with E-state index in [0.29, 0.717) is 0 Å². The van der Waals surface area contributed by atoms with Crippen molar-refractivity contribution in [3.05, 3.63) is 43.5 Å². The van der Waals surface area contributed by atoms with Gasteiger partial charge in [0.2, 0.25) is 0 Å². The van der Waals surface area contributed by atoms with Gasteiger partial charge in [-0.25, -0.2) is 4.98 Å². The van der Waals surface area contributed by atoms with Gasteiger partial charge in [0.05, 0.1) is 16.8 Å². The predicted octanol–water partition coefficient (Wildman–Crippen LogP) is 5.49. The number of nitrogens with one attached hydrogen (secondary N) is 1. The minimum absolute atomic E-state index is 0.805. The first kappa shape index (κ1) is 12.6. The van der Waals surface area contributed by atoms with Crippen LogP contribution in [0.15, 0.2) is 38.6 Å². The first-order valence-electron chi connectivity index (χ1n) is 5.24. The summed E-state index contributed by atoms with van der Waals surface area (Å²) in [5.74, 6) is 0. The molecule has 3 rings (SSSR count). The number of hydrogen-bond acceptors (Lipinski definition) is 4. The van der Waals surface area contributed by atoms with Crippen molar-refractivity contribution in [3.8, 4) is 0 Å². The second-order valence-corrected chi connectivity index (χ2v) is 7.48. The van der Waals surface area contributed by atoms with E-state index in [1.807, 2.05) is 12.1 Å². The van der Waals surface area contributed by atoms with Crippen LogP contribution in [0.4, 0.5) is 5.13 Å². The highest BCUT2D eigenvalue weighted by atomic mass is 79.9. The molecule has 18 heavy (non-hydrogen) atoms. The van der Waals surface area contributed by atoms with E-state index in [1.54, 1.807) is 22.7 Å². The molecule has 0 aliphatic rings. The number of thiophene rings is 1. The molecule has 0 spiro atoms. The molecule has 6 heteroatoms. The topological polar surface area (TPSA) is 24.9 Å². The third kappa shape index (κ3) is 2.61. The summed E-state index contributed by atoms with van der Waals surface area (Å²) in [7, 11) is 0. The van der Waals surface area contributed by atoms with Gasteiger partial charge in [-0.1, -0.05) is 27.3 Å². The van der Waals surface area contributed by atoms with Crippen LogP contribution in [0.5, 0.6) is 0 Å². The lowest BCUT2D eigenvalue weighted by atomic mass is 10.3. The molecule has 92 valence electrons. The minimum atomic E-state index is 0.805. The Hall–Kier alpha value is -0.430. The Morgan fingerprint density at radius 2 is 2.11 bits per heavy atom. The lowest BCUT2D eigenvalue weighted by molar-refractivity contribution is 1.17. The predicted molar refractivity (Wildman–Crippen MR) is 86.7 cm³/mol. The van der Waals surface area contributed by atoms with E-state index < -0.39 is 0 Å². The monoisotopic (exact) mass is 402 g/mol. The Balaban J connectivity index is 1.81. The zero-order chi connectivity index (χ0) is 12.5. The second-order valence-electron chi connectivity index (χ2n) is 3.68. The molecule has 0 atom stereocenters. The fourth-order valence-corrected chi connectivity index (χ4v) is 4.43. The van der Waals surface area contributed by atoms with Crippen molar-refractivity contribution in [2.45, 2.75) is 6.54 Å². The van der Waals surface area contributed by atoms with Crippen LogP contribution in [0, 0.1) is 0 Å². The van der Waals surface area contributed by atoms with Crippen LogP contribution in [-0.2, 0) is 6.54 Å². The average molecular weight is 404 g/mol. The van der Waals surface area contributed by atoms with Crippen molar-refractivity contribution in [3.63, 3.8) is 0 Å². The van der Waals surface area contributed by atoms with Crippen molar-refractivity contribution in [2.75, 3.05) is 5.32 Å². The fraction of sp³-hybridized carbons (Fsp3) is 0.0833. The van der Waals surface area contributed by atoms with Crippen molar-refractivity contribution < 1.29 is 0 Å². The maximum Gasteiger partial charge on any atom is 0.184 e. The summed E-state index contributed by atoms with van der Waals surface area (Å²) >= 11 is 10.4. The van der Waals surface area contributed by atoms with Crippen molar-refractivity contribution in [2.24, 2.45) is 0 Å². The number of hydrogen-bond donors (Lipinski definition) is 1. The zero-order valence-corrected chi connectivity index (χ0v) is 13.9. The highest BCUT2D eigenvalue weighted by Gasteiger charge is 2.05. The van der Waals surface area contributed by atoms with Crippen LogP contribution in [0.1, 0.15) is 4.88 Å². The standard InChI is InChI=1S/C12H8Br2N2S2/c13-7-1-2-9-10(5-7)18-12(16-9)15-6-11-8(14)3-4-17-11/h1-5H,6H2,(H,15,16). The molecule has 1 aromatic carbocycles. The Kier molecular flexibility index (Phi) is 3.70. The lowest BCUT2D eigenvalue weighted by Gasteiger charge is -1.99. The zero-order valence-electron chi connectivity index (χ0n) is 9.11. The molecule has 0 radical (unpaired) electrons. The number of nitrogens with zero attached hydrogens (tertiary/aromatic N) is 1. The Morgan fingerprint density at radius 1 is 1.22 bits per heavy atom. The molecule has 0 saturated heterocycles. The summed E-state index contributed by atoms with van der Waals surface area (Å²) in [5.41, 5.74) is 1.04. The number of fused-ring (bicyclic) bond motifs is 1. The van der Waals surface area contributed by atoms with Crippen LogP contribution in [0.3, 0.4) is 0 Å². The molecule has 2 aromatic heterocycles. The molecular weight excluding hydrogens is 396 g/mol. The van der Waals surface area contributed by atoms with Crippen LogP contribution in [-0.4, -0.2) is 4.98 Å². The SMILES string of the molecule is Brc1ccc2nc(NCc3sccc3Br)sc2c1. The van der Waals surface area contributed by atoms with Crippen molar-refractivity contribution in [1.29, 1.82) is 0 Å². The highest BCUT2D eigenvalue weighted by Crippen LogP contribution is 2.30. The molecule has 1 N–H and O–H groups in total. The smallest absolute Gasteiger partial charge is 0.184 e. The van der Waals surface area contributed by atoms with E-state index in [4.69, 9.17) is 0 Å². The van der Waals surface area contributed by atoms with Crippen molar-refractivity contribution >= 4 is 69.9 Å². The Bertz CT molecular complexity index is 690. The Labute approximate surface area is 129 Å². The van der Waals surface area contributed by atoms with Gasteiger partial charge in [-0.3, -0.25) is 0 Å². The second kappa shape index (κ2) is 5.28. The van der Waals surface area contributed by atoms with Gasteiger partial charge in [-0.05, 0) is 45.6 Å². The van der Waals surface area contributed by atoms with E-state index in [1.165, 1.54) is 9.58 Å². The van der Waals surface area contributed by atoms with Gasteiger partial charge in [0, 0.05) is 13.8 Å². The van der Waals surface area contributed by atoms with Crippen LogP contribution >= 0.6 is 54.5 Å². The molecule has 2 heterocycles. The summed E-state index contributed by atoms with van der Waals surface area (Å²) in [5, 5.41) is 6.41. The highest BCUT2D eigenvalue weighted by molar-refractivity contribution is 9.10. The molecule has 2 nitrogen and oxygen atoms in total. The molecule has 0 aliphatic carbocycles. The Morgan fingerprint density at radius 3 is 2.89 bits per heavy atom. The molecule has 0 amide bonds. The van der Waals surface area contributed by atoms with Gasteiger partial charge in [0.25, 0.3) is 0 Å². The van der Waals surface area contributed by atoms with Gasteiger partial charge in [0.1, 0.15) is 0 Å². The first-order valence-corrected chi connectivity index (χ1v) is 8.52. The largest absolute Gasteiger partial charge is 0.357 e. The summed E-state index contributed by atoms with van der Waals surface area (Å²) in [6.45, 7) is 0.805. The molecule has 0 unspecified atom stereocenters. The summed E-state index contributed by atoms with van der Waals surface area (Å²) < 4.78 is 3.44. The third-order valence-corrected chi connectivity index (χ3v) is 5.84. The minimum Gasteiger partial charge on any atom is -0.357 e. The fourth-order valence-electron chi connectivity index (χ4n) is 1.58. The molecular formula is C12H8Br2N2S2. The van der Waals surface area contributed by atoms with E-state index in [-0.39, 0.29) is 0 Å². The average Bonchev–Trinajstić information content (AvgIpc) is 2.92.